The van der Waals surface area contributed by atoms with Crippen LogP contribution in [0.5, 0.6) is 0 Å². The molecule has 174 valence electrons. The first kappa shape index (κ1) is 22.9. The number of nitrogens with zero attached hydrogens (tertiary/aromatic N) is 5. The summed E-state index contributed by atoms with van der Waals surface area (Å²) in [6.07, 6.45) is 1.88. The van der Waals surface area contributed by atoms with Crippen molar-refractivity contribution in [2.24, 2.45) is 0 Å². The number of carbonyl (C=O) groups excluding carboxylic acids is 2. The molecule has 0 aliphatic carbocycles. The third-order valence-electron chi connectivity index (χ3n) is 5.13. The summed E-state index contributed by atoms with van der Waals surface area (Å²) in [4.78, 5) is 25.1. The van der Waals surface area contributed by atoms with Gasteiger partial charge in [0.15, 0.2) is 5.69 Å². The van der Waals surface area contributed by atoms with Crippen LogP contribution < -0.4 is 0 Å². The van der Waals surface area contributed by atoms with Crippen LogP contribution in [0.4, 0.5) is 0 Å². The fraction of sp³-hybridized carbons (Fsp3) is 0.240. The number of ether oxygens (including phenoxy) is 2. The lowest BCUT2D eigenvalue weighted by Gasteiger charge is -2.08. The number of para-hydroxylation sites is 1. The minimum absolute atomic E-state index is 0.0531. The lowest BCUT2D eigenvalue weighted by molar-refractivity contribution is 0.0467. The zero-order valence-corrected chi connectivity index (χ0v) is 19.3. The number of aryl methyl sites for hydroxylation is 1. The Kier molecular flexibility index (Phi) is 6.82. The first-order chi connectivity index (χ1) is 16.5. The fourth-order valence-corrected chi connectivity index (χ4v) is 3.52. The minimum Gasteiger partial charge on any atom is -0.461 e. The van der Waals surface area contributed by atoms with Gasteiger partial charge in [0.1, 0.15) is 0 Å². The third-order valence-corrected chi connectivity index (χ3v) is 5.13. The summed E-state index contributed by atoms with van der Waals surface area (Å²) < 4.78 is 13.3. The monoisotopic (exact) mass is 459 g/mol. The molecule has 4 aromatic rings. The maximum Gasteiger partial charge on any atom is 0.361 e. The van der Waals surface area contributed by atoms with Crippen molar-refractivity contribution >= 4 is 11.9 Å². The van der Waals surface area contributed by atoms with Crippen LogP contribution in [-0.2, 0) is 16.0 Å². The zero-order valence-electron chi connectivity index (χ0n) is 19.3. The van der Waals surface area contributed by atoms with Crippen molar-refractivity contribution in [1.82, 2.24) is 24.8 Å². The van der Waals surface area contributed by atoms with Gasteiger partial charge in [-0.3, -0.25) is 0 Å². The molecule has 0 unspecified atom stereocenters. The van der Waals surface area contributed by atoms with Crippen LogP contribution in [0.25, 0.3) is 16.9 Å². The lowest BCUT2D eigenvalue weighted by atomic mass is 10.1. The number of aromatic nitrogens is 5. The summed E-state index contributed by atoms with van der Waals surface area (Å²) in [5, 5.41) is 12.8. The van der Waals surface area contributed by atoms with Gasteiger partial charge in [-0.15, -0.1) is 5.10 Å². The van der Waals surface area contributed by atoms with Crippen LogP contribution in [0.2, 0.25) is 0 Å². The molecule has 2 heterocycles. The molecule has 0 atom stereocenters. The number of benzene rings is 2. The smallest absolute Gasteiger partial charge is 0.361 e. The number of carbonyl (C=O) groups is 2. The van der Waals surface area contributed by atoms with E-state index in [9.17, 15) is 9.59 Å². The average Bonchev–Trinajstić information content (AvgIpc) is 3.45. The molecule has 0 saturated carbocycles. The van der Waals surface area contributed by atoms with E-state index in [1.54, 1.807) is 18.5 Å². The van der Waals surface area contributed by atoms with E-state index in [0.717, 1.165) is 28.1 Å². The molecular formula is C25H25N5O4. The first-order valence-corrected chi connectivity index (χ1v) is 11.0. The second-order valence-corrected chi connectivity index (χ2v) is 7.53. The molecule has 9 heteroatoms. The third kappa shape index (κ3) is 4.73. The normalized spacial score (nSPS) is 10.8. The van der Waals surface area contributed by atoms with Gasteiger partial charge in [0.25, 0.3) is 0 Å². The second-order valence-electron chi connectivity index (χ2n) is 7.53. The van der Waals surface area contributed by atoms with Gasteiger partial charge < -0.3 is 9.47 Å². The lowest BCUT2D eigenvalue weighted by Crippen LogP contribution is -2.18. The molecule has 0 aliphatic rings. The molecule has 4 rings (SSSR count). The molecule has 0 aliphatic heterocycles. The Hall–Kier alpha value is -4.27. The Morgan fingerprint density at radius 1 is 0.912 bits per heavy atom. The van der Waals surface area contributed by atoms with Gasteiger partial charge in [0.05, 0.1) is 31.1 Å². The van der Waals surface area contributed by atoms with Crippen molar-refractivity contribution < 1.29 is 19.1 Å². The molecule has 0 spiro atoms. The highest BCUT2D eigenvalue weighted by molar-refractivity contribution is 6.00. The van der Waals surface area contributed by atoms with E-state index in [-0.39, 0.29) is 31.1 Å². The highest BCUT2D eigenvalue weighted by atomic mass is 16.5. The van der Waals surface area contributed by atoms with Gasteiger partial charge in [-0.1, -0.05) is 53.2 Å². The average molecular weight is 460 g/mol. The maximum absolute atomic E-state index is 12.7. The molecular weight excluding hydrogens is 434 g/mol. The topological polar surface area (TPSA) is 101 Å². The summed E-state index contributed by atoms with van der Waals surface area (Å²) >= 11 is 0. The van der Waals surface area contributed by atoms with Crippen LogP contribution in [0.3, 0.4) is 0 Å². The summed E-state index contributed by atoms with van der Waals surface area (Å²) in [6.45, 7) is 5.83. The molecule has 0 bridgehead atoms. The largest absolute Gasteiger partial charge is 0.461 e. The van der Waals surface area contributed by atoms with Gasteiger partial charge in [0, 0.05) is 17.3 Å². The highest BCUT2D eigenvalue weighted by Crippen LogP contribution is 2.26. The second kappa shape index (κ2) is 10.1. The highest BCUT2D eigenvalue weighted by Gasteiger charge is 2.28. The van der Waals surface area contributed by atoms with E-state index in [1.807, 2.05) is 67.7 Å². The fourth-order valence-electron chi connectivity index (χ4n) is 3.52. The summed E-state index contributed by atoms with van der Waals surface area (Å²) in [5.74, 6) is -1.42. The molecule has 34 heavy (non-hydrogen) atoms. The van der Waals surface area contributed by atoms with Crippen LogP contribution >= 0.6 is 0 Å². The van der Waals surface area contributed by atoms with Crippen LogP contribution in [0.15, 0.2) is 60.8 Å². The van der Waals surface area contributed by atoms with Crippen molar-refractivity contribution in [2.45, 2.75) is 27.3 Å². The van der Waals surface area contributed by atoms with Crippen LogP contribution in [0, 0.1) is 6.92 Å². The predicted molar refractivity (Wildman–Crippen MR) is 125 cm³/mol. The van der Waals surface area contributed by atoms with Crippen LogP contribution in [-0.4, -0.2) is 49.9 Å². The van der Waals surface area contributed by atoms with Gasteiger partial charge in [0.2, 0.25) is 5.69 Å². The predicted octanol–water partition coefficient (Wildman–Crippen LogP) is 3.84. The molecule has 9 nitrogen and oxygen atoms in total. The van der Waals surface area contributed by atoms with Crippen LogP contribution in [0.1, 0.15) is 46.0 Å². The molecule has 0 fully saturated rings. The molecule has 0 amide bonds. The SMILES string of the molecule is CCOC(=O)c1nnn(Cc2cn(-c3ccccc3)nc2-c2ccc(C)cc2)c1C(=O)OCC. The van der Waals surface area contributed by atoms with E-state index in [2.05, 4.69) is 10.3 Å². The standard InChI is InChI=1S/C25H25N5O4/c1-4-33-24(31)22-23(25(32)34-5-2)30(28-26-22)16-19-15-29(20-9-7-6-8-10-20)27-21(19)18-13-11-17(3)12-14-18/h6-15H,4-5,16H2,1-3H3. The summed E-state index contributed by atoms with van der Waals surface area (Å²) in [5.41, 5.74) is 4.23. The van der Waals surface area contributed by atoms with Crippen molar-refractivity contribution in [2.75, 3.05) is 13.2 Å². The Labute approximate surface area is 196 Å². The maximum atomic E-state index is 12.7. The Bertz CT molecular complexity index is 1290. The van der Waals surface area contributed by atoms with E-state index in [4.69, 9.17) is 14.6 Å². The van der Waals surface area contributed by atoms with Crippen molar-refractivity contribution in [1.29, 1.82) is 0 Å². The number of rotatable bonds is 8. The van der Waals surface area contributed by atoms with Crippen molar-refractivity contribution in [3.05, 3.63) is 83.3 Å². The number of hydrogen-bond acceptors (Lipinski definition) is 7. The van der Waals surface area contributed by atoms with E-state index < -0.39 is 11.9 Å². The van der Waals surface area contributed by atoms with Gasteiger partial charge >= 0.3 is 11.9 Å². The molecule has 2 aromatic heterocycles. The first-order valence-electron chi connectivity index (χ1n) is 11.0. The number of esters is 2. The van der Waals surface area contributed by atoms with E-state index in [1.165, 1.54) is 4.68 Å². The van der Waals surface area contributed by atoms with Gasteiger partial charge in [-0.25, -0.2) is 19.0 Å². The van der Waals surface area contributed by atoms with Gasteiger partial charge in [-0.2, -0.15) is 5.10 Å². The Morgan fingerprint density at radius 3 is 2.26 bits per heavy atom. The van der Waals surface area contributed by atoms with E-state index in [0.29, 0.717) is 0 Å². The minimum atomic E-state index is -0.726. The summed E-state index contributed by atoms with van der Waals surface area (Å²) in [6, 6.07) is 17.7. The van der Waals surface area contributed by atoms with Crippen molar-refractivity contribution in [3.63, 3.8) is 0 Å². The molecule has 2 aromatic carbocycles. The summed E-state index contributed by atoms with van der Waals surface area (Å²) in [7, 11) is 0. The zero-order chi connectivity index (χ0) is 24.1. The van der Waals surface area contributed by atoms with E-state index >= 15 is 0 Å². The molecule has 0 N–H and O–H groups in total. The number of hydrogen-bond donors (Lipinski definition) is 0. The van der Waals surface area contributed by atoms with Crippen molar-refractivity contribution in [3.8, 4) is 16.9 Å². The quantitative estimate of drug-likeness (QED) is 0.369. The molecule has 0 radical (unpaired) electrons. The van der Waals surface area contributed by atoms with Gasteiger partial charge in [-0.05, 0) is 32.9 Å². The molecule has 0 saturated heterocycles. The Morgan fingerprint density at radius 2 is 1.59 bits per heavy atom. The Balaban J connectivity index is 1.80.